The summed E-state index contributed by atoms with van der Waals surface area (Å²) in [6.07, 6.45) is 4.13. The topological polar surface area (TPSA) is 71.6 Å². The lowest BCUT2D eigenvalue weighted by Crippen LogP contribution is -2.05. The maximum absolute atomic E-state index is 11.3. The van der Waals surface area contributed by atoms with Gasteiger partial charge in [-0.3, -0.25) is 0 Å². The summed E-state index contributed by atoms with van der Waals surface area (Å²) >= 11 is 0. The highest BCUT2D eigenvalue weighted by atomic mass is 16.5. The molecule has 0 saturated heterocycles. The van der Waals surface area contributed by atoms with E-state index in [0.29, 0.717) is 17.9 Å². The van der Waals surface area contributed by atoms with Crippen molar-refractivity contribution in [2.75, 3.05) is 6.61 Å². The first-order chi connectivity index (χ1) is 10.1. The van der Waals surface area contributed by atoms with Crippen LogP contribution >= 0.6 is 0 Å². The Morgan fingerprint density at radius 2 is 2.24 bits per heavy atom. The number of hydrogen-bond acceptors (Lipinski definition) is 3. The van der Waals surface area contributed by atoms with Crippen molar-refractivity contribution in [2.45, 2.75) is 26.4 Å². The number of benzene rings is 1. The van der Waals surface area contributed by atoms with Crippen molar-refractivity contribution < 1.29 is 19.4 Å². The van der Waals surface area contributed by atoms with E-state index in [-0.39, 0.29) is 11.7 Å². The zero-order chi connectivity index (χ0) is 15.0. The van der Waals surface area contributed by atoms with Crippen LogP contribution < -0.4 is 9.47 Å². The molecule has 0 saturated carbocycles. The number of ether oxygens (including phenoxy) is 2. The van der Waals surface area contributed by atoms with Gasteiger partial charge in [-0.2, -0.15) is 0 Å². The summed E-state index contributed by atoms with van der Waals surface area (Å²) in [5.41, 5.74) is 2.67. The molecule has 1 aliphatic rings. The van der Waals surface area contributed by atoms with Gasteiger partial charge in [0.25, 0.3) is 0 Å². The van der Waals surface area contributed by atoms with Crippen LogP contribution in [0.15, 0.2) is 24.5 Å². The predicted octanol–water partition coefficient (Wildman–Crippen LogP) is 3.10. The average molecular weight is 287 g/mol. The first-order valence-corrected chi connectivity index (χ1v) is 6.97. The summed E-state index contributed by atoms with van der Waals surface area (Å²) < 4.78 is 11.5. The molecular formula is C16H17NO4. The molecule has 2 heterocycles. The second kappa shape index (κ2) is 5.16. The van der Waals surface area contributed by atoms with E-state index >= 15 is 0 Å². The summed E-state index contributed by atoms with van der Waals surface area (Å²) in [5.74, 6) is 0.526. The number of hydrogen-bond donors (Lipinski definition) is 2. The zero-order valence-corrected chi connectivity index (χ0v) is 12.0. The van der Waals surface area contributed by atoms with Gasteiger partial charge in [0.1, 0.15) is 17.6 Å². The molecule has 21 heavy (non-hydrogen) atoms. The van der Waals surface area contributed by atoms with Crippen LogP contribution in [0, 0.1) is 0 Å². The first kappa shape index (κ1) is 13.5. The Labute approximate surface area is 122 Å². The third-order valence-corrected chi connectivity index (χ3v) is 3.56. The fourth-order valence-corrected chi connectivity index (χ4v) is 2.69. The van der Waals surface area contributed by atoms with Gasteiger partial charge in [0.15, 0.2) is 0 Å². The van der Waals surface area contributed by atoms with Crippen LogP contribution in [-0.2, 0) is 6.42 Å². The maximum Gasteiger partial charge on any atom is 0.337 e. The average Bonchev–Trinajstić information content (AvgIpc) is 3.02. The quantitative estimate of drug-likeness (QED) is 0.906. The molecule has 0 radical (unpaired) electrons. The van der Waals surface area contributed by atoms with Crippen LogP contribution in [0.1, 0.15) is 29.8 Å². The van der Waals surface area contributed by atoms with Gasteiger partial charge in [0.05, 0.1) is 12.2 Å². The van der Waals surface area contributed by atoms with Crippen molar-refractivity contribution in [3.05, 3.63) is 35.7 Å². The first-order valence-electron chi connectivity index (χ1n) is 6.97. The van der Waals surface area contributed by atoms with Gasteiger partial charge in [-0.05, 0) is 26.0 Å². The highest BCUT2D eigenvalue weighted by Gasteiger charge is 2.24. The number of H-pyrrole nitrogens is 1. The number of carbonyl (C=O) groups is 1. The smallest absolute Gasteiger partial charge is 0.337 e. The van der Waals surface area contributed by atoms with E-state index in [0.717, 1.165) is 23.3 Å². The molecule has 5 heteroatoms. The van der Waals surface area contributed by atoms with Crippen LogP contribution in [0.2, 0.25) is 0 Å². The van der Waals surface area contributed by atoms with Crippen molar-refractivity contribution in [3.63, 3.8) is 0 Å². The van der Waals surface area contributed by atoms with E-state index in [1.54, 1.807) is 6.20 Å². The Morgan fingerprint density at radius 1 is 1.43 bits per heavy atom. The second-order valence-electron chi connectivity index (χ2n) is 5.11. The van der Waals surface area contributed by atoms with Crippen molar-refractivity contribution in [1.82, 2.24) is 4.98 Å². The lowest BCUT2D eigenvalue weighted by Gasteiger charge is -2.12. The van der Waals surface area contributed by atoms with Gasteiger partial charge in [-0.15, -0.1) is 0 Å². The SMILES string of the molecule is CCOc1cc2c(cc1-c1c[nH]cc1C(=O)O)OC(C)C2. The Bertz CT molecular complexity index is 690. The Morgan fingerprint density at radius 3 is 2.95 bits per heavy atom. The van der Waals surface area contributed by atoms with Gasteiger partial charge >= 0.3 is 5.97 Å². The molecular weight excluding hydrogens is 270 g/mol. The van der Waals surface area contributed by atoms with Crippen LogP contribution in [0.5, 0.6) is 11.5 Å². The lowest BCUT2D eigenvalue weighted by molar-refractivity contribution is 0.0698. The number of aromatic nitrogens is 1. The summed E-state index contributed by atoms with van der Waals surface area (Å²) in [6.45, 7) is 4.44. The number of carboxylic acid groups (broad SMARTS) is 1. The normalized spacial score (nSPS) is 16.4. The Balaban J connectivity index is 2.15. The Hall–Kier alpha value is -2.43. The second-order valence-corrected chi connectivity index (χ2v) is 5.11. The minimum Gasteiger partial charge on any atom is -0.493 e. The minimum absolute atomic E-state index is 0.134. The van der Waals surface area contributed by atoms with Crippen LogP contribution in [0.4, 0.5) is 0 Å². The highest BCUT2D eigenvalue weighted by Crippen LogP contribution is 2.41. The maximum atomic E-state index is 11.3. The molecule has 1 aliphatic heterocycles. The summed E-state index contributed by atoms with van der Waals surface area (Å²) in [6, 6.07) is 3.83. The van der Waals surface area contributed by atoms with Crippen molar-refractivity contribution in [2.24, 2.45) is 0 Å². The van der Waals surface area contributed by atoms with Gasteiger partial charge in [-0.25, -0.2) is 4.79 Å². The number of rotatable bonds is 4. The van der Waals surface area contributed by atoms with Gasteiger partial charge in [-0.1, -0.05) is 0 Å². The van der Waals surface area contributed by atoms with Crippen LogP contribution in [0.3, 0.4) is 0 Å². The summed E-state index contributed by atoms with van der Waals surface area (Å²) in [5, 5.41) is 9.28. The van der Waals surface area contributed by atoms with E-state index in [9.17, 15) is 9.90 Å². The molecule has 1 aromatic carbocycles. The molecule has 110 valence electrons. The molecule has 0 spiro atoms. The summed E-state index contributed by atoms with van der Waals surface area (Å²) in [4.78, 5) is 14.2. The third kappa shape index (κ3) is 2.35. The van der Waals surface area contributed by atoms with Crippen molar-refractivity contribution in [3.8, 4) is 22.6 Å². The standard InChI is InChI=1S/C16H17NO4/c1-3-20-15-5-10-4-9(2)21-14(10)6-11(15)12-7-17-8-13(12)16(18)19/h5-9,17H,3-4H2,1-2H3,(H,18,19). The lowest BCUT2D eigenvalue weighted by atomic mass is 10.00. The number of carboxylic acids is 1. The van der Waals surface area contributed by atoms with Gasteiger partial charge < -0.3 is 19.6 Å². The fourth-order valence-electron chi connectivity index (χ4n) is 2.69. The highest BCUT2D eigenvalue weighted by molar-refractivity contribution is 5.97. The van der Waals surface area contributed by atoms with E-state index in [4.69, 9.17) is 9.47 Å². The van der Waals surface area contributed by atoms with Gasteiger partial charge in [0, 0.05) is 35.5 Å². The largest absolute Gasteiger partial charge is 0.493 e. The number of fused-ring (bicyclic) bond motifs is 1. The number of nitrogens with one attached hydrogen (secondary N) is 1. The molecule has 1 aromatic heterocycles. The molecule has 0 aliphatic carbocycles. The predicted molar refractivity (Wildman–Crippen MR) is 78.2 cm³/mol. The molecule has 0 amide bonds. The van der Waals surface area contributed by atoms with Crippen LogP contribution in [-0.4, -0.2) is 28.8 Å². The van der Waals surface area contributed by atoms with E-state index in [1.807, 2.05) is 26.0 Å². The molecule has 1 atom stereocenters. The van der Waals surface area contributed by atoms with Crippen molar-refractivity contribution in [1.29, 1.82) is 0 Å². The number of aromatic carboxylic acids is 1. The number of aromatic amines is 1. The zero-order valence-electron chi connectivity index (χ0n) is 12.0. The van der Waals surface area contributed by atoms with Crippen LogP contribution in [0.25, 0.3) is 11.1 Å². The molecule has 2 N–H and O–H groups in total. The molecule has 3 rings (SSSR count). The van der Waals surface area contributed by atoms with E-state index in [1.165, 1.54) is 6.20 Å². The van der Waals surface area contributed by atoms with Gasteiger partial charge in [0.2, 0.25) is 0 Å². The monoisotopic (exact) mass is 287 g/mol. The third-order valence-electron chi connectivity index (χ3n) is 3.56. The molecule has 1 unspecified atom stereocenters. The molecule has 0 fully saturated rings. The van der Waals surface area contributed by atoms with Crippen molar-refractivity contribution >= 4 is 5.97 Å². The fraction of sp³-hybridized carbons (Fsp3) is 0.312. The molecule has 2 aromatic rings. The molecule has 0 bridgehead atoms. The molecule has 5 nitrogen and oxygen atoms in total. The van der Waals surface area contributed by atoms with E-state index < -0.39 is 5.97 Å². The van der Waals surface area contributed by atoms with E-state index in [2.05, 4.69) is 4.98 Å². The minimum atomic E-state index is -0.969. The Kier molecular flexibility index (Phi) is 3.33. The summed E-state index contributed by atoms with van der Waals surface area (Å²) in [7, 11) is 0.